The largest absolute Gasteiger partial charge is 0.446 e. The maximum absolute atomic E-state index is 13.1. The van der Waals surface area contributed by atoms with Gasteiger partial charge in [-0.2, -0.15) is 0 Å². The summed E-state index contributed by atoms with van der Waals surface area (Å²) >= 11 is 0. The van der Waals surface area contributed by atoms with Gasteiger partial charge in [0.15, 0.2) is 0 Å². The number of benzene rings is 1. The lowest BCUT2D eigenvalue weighted by Gasteiger charge is -2.35. The molecule has 1 aromatic carbocycles. The number of nitrogens with zero attached hydrogens (tertiary/aromatic N) is 1. The Balaban J connectivity index is 1.66. The van der Waals surface area contributed by atoms with Crippen LogP contribution in [0.4, 0.5) is 4.79 Å². The van der Waals surface area contributed by atoms with E-state index in [-0.39, 0.29) is 12.3 Å². The zero-order valence-electron chi connectivity index (χ0n) is 16.0. The van der Waals surface area contributed by atoms with E-state index in [1.54, 1.807) is 5.48 Å². The normalized spacial score (nSPS) is 27.1. The third-order valence-electron chi connectivity index (χ3n) is 5.82. The second-order valence-electron chi connectivity index (χ2n) is 7.46. The van der Waals surface area contributed by atoms with E-state index in [9.17, 15) is 14.4 Å². The van der Waals surface area contributed by atoms with E-state index in [1.807, 2.05) is 23.1 Å². The van der Waals surface area contributed by atoms with Gasteiger partial charge in [-0.1, -0.05) is 30.3 Å². The standard InChI is InChI=1S/C20H27N3O5/c1-21-20(26)28-15-7-8-16(17(11-15)18(24)22-27)19(25)23-10-9-14(12-23)13-5-3-2-4-6-13/h2-6,14-17,27H,7-12H2,1H3,(H,21,26)(H,22,24)/t14-,15-,16-,17-/m0/s1. The topological polar surface area (TPSA) is 108 Å². The molecule has 1 heterocycles. The number of nitrogens with one attached hydrogen (secondary N) is 2. The minimum Gasteiger partial charge on any atom is -0.446 e. The van der Waals surface area contributed by atoms with E-state index in [0.29, 0.717) is 31.8 Å². The summed E-state index contributed by atoms with van der Waals surface area (Å²) in [6.45, 7) is 1.28. The molecule has 0 bridgehead atoms. The van der Waals surface area contributed by atoms with Crippen molar-refractivity contribution in [3.05, 3.63) is 35.9 Å². The van der Waals surface area contributed by atoms with Crippen LogP contribution in [0.15, 0.2) is 30.3 Å². The second kappa shape index (κ2) is 9.05. The predicted molar refractivity (Wildman–Crippen MR) is 100 cm³/mol. The third-order valence-corrected chi connectivity index (χ3v) is 5.82. The lowest BCUT2D eigenvalue weighted by molar-refractivity contribution is -0.148. The molecule has 1 aromatic rings. The fraction of sp³-hybridized carbons (Fsp3) is 0.550. The second-order valence-corrected chi connectivity index (χ2v) is 7.46. The SMILES string of the molecule is CNC(=O)O[C@H]1CC[C@H](C(=O)N2CC[C@H](c3ccccc3)C2)[C@@H](C(=O)NO)C1. The Morgan fingerprint density at radius 1 is 1.11 bits per heavy atom. The van der Waals surface area contributed by atoms with Crippen molar-refractivity contribution in [1.82, 2.24) is 15.7 Å². The molecular formula is C20H27N3O5. The molecule has 152 valence electrons. The smallest absolute Gasteiger partial charge is 0.407 e. The maximum Gasteiger partial charge on any atom is 0.407 e. The molecule has 1 aliphatic heterocycles. The van der Waals surface area contributed by atoms with Crippen LogP contribution in [-0.4, -0.2) is 54.3 Å². The summed E-state index contributed by atoms with van der Waals surface area (Å²) in [5, 5.41) is 11.5. The first kappa shape index (κ1) is 20.1. The molecule has 0 aromatic heterocycles. The van der Waals surface area contributed by atoms with Crippen LogP contribution in [0.3, 0.4) is 0 Å². The lowest BCUT2D eigenvalue weighted by Crippen LogP contribution is -2.47. The Morgan fingerprint density at radius 2 is 1.86 bits per heavy atom. The van der Waals surface area contributed by atoms with Crippen molar-refractivity contribution in [3.8, 4) is 0 Å². The van der Waals surface area contributed by atoms with Gasteiger partial charge in [0.05, 0.1) is 11.8 Å². The van der Waals surface area contributed by atoms with Crippen LogP contribution in [0.5, 0.6) is 0 Å². The van der Waals surface area contributed by atoms with Gasteiger partial charge < -0.3 is 15.0 Å². The van der Waals surface area contributed by atoms with Crippen LogP contribution in [0.1, 0.15) is 37.2 Å². The van der Waals surface area contributed by atoms with Crippen molar-refractivity contribution in [1.29, 1.82) is 0 Å². The van der Waals surface area contributed by atoms with Crippen LogP contribution < -0.4 is 10.8 Å². The number of hydroxylamine groups is 1. The summed E-state index contributed by atoms with van der Waals surface area (Å²) in [4.78, 5) is 38.6. The van der Waals surface area contributed by atoms with Crippen molar-refractivity contribution >= 4 is 17.9 Å². The molecule has 0 unspecified atom stereocenters. The summed E-state index contributed by atoms with van der Waals surface area (Å²) in [7, 11) is 1.46. The molecule has 0 radical (unpaired) electrons. The average Bonchev–Trinajstić information content (AvgIpc) is 3.23. The molecule has 8 nitrogen and oxygen atoms in total. The van der Waals surface area contributed by atoms with Gasteiger partial charge in [0, 0.05) is 26.1 Å². The molecule has 2 fully saturated rings. The van der Waals surface area contributed by atoms with E-state index in [0.717, 1.165) is 6.42 Å². The zero-order valence-corrected chi connectivity index (χ0v) is 16.0. The molecule has 28 heavy (non-hydrogen) atoms. The van der Waals surface area contributed by atoms with Crippen LogP contribution in [0.25, 0.3) is 0 Å². The highest BCUT2D eigenvalue weighted by atomic mass is 16.6. The van der Waals surface area contributed by atoms with E-state index in [1.165, 1.54) is 12.6 Å². The first-order valence-electron chi connectivity index (χ1n) is 9.69. The average molecular weight is 389 g/mol. The van der Waals surface area contributed by atoms with Gasteiger partial charge in [0.1, 0.15) is 6.10 Å². The number of carbonyl (C=O) groups excluding carboxylic acids is 3. The van der Waals surface area contributed by atoms with E-state index < -0.39 is 29.9 Å². The number of rotatable bonds is 4. The number of alkyl carbamates (subject to hydrolysis) is 1. The molecule has 1 aliphatic carbocycles. The lowest BCUT2D eigenvalue weighted by atomic mass is 9.76. The Labute approximate surface area is 164 Å². The summed E-state index contributed by atoms with van der Waals surface area (Å²) in [6, 6.07) is 10.1. The minimum atomic E-state index is -0.725. The Bertz CT molecular complexity index is 711. The van der Waals surface area contributed by atoms with Gasteiger partial charge in [0.25, 0.3) is 0 Å². The van der Waals surface area contributed by atoms with Crippen molar-refractivity contribution in [2.45, 2.75) is 37.7 Å². The summed E-state index contributed by atoms with van der Waals surface area (Å²) in [5.74, 6) is -1.63. The van der Waals surface area contributed by atoms with Crippen LogP contribution >= 0.6 is 0 Å². The minimum absolute atomic E-state index is 0.0644. The monoisotopic (exact) mass is 389 g/mol. The number of ether oxygens (including phenoxy) is 1. The van der Waals surface area contributed by atoms with E-state index >= 15 is 0 Å². The molecule has 3 N–H and O–H groups in total. The van der Waals surface area contributed by atoms with Crippen LogP contribution in [-0.2, 0) is 14.3 Å². The van der Waals surface area contributed by atoms with Gasteiger partial charge in [-0.05, 0) is 31.2 Å². The maximum atomic E-state index is 13.1. The number of amides is 3. The molecule has 0 spiro atoms. The zero-order chi connectivity index (χ0) is 20.1. The van der Waals surface area contributed by atoms with E-state index in [4.69, 9.17) is 9.94 Å². The first-order valence-corrected chi connectivity index (χ1v) is 9.69. The highest BCUT2D eigenvalue weighted by Crippen LogP contribution is 2.36. The Kier molecular flexibility index (Phi) is 6.51. The molecule has 4 atom stereocenters. The summed E-state index contributed by atoms with van der Waals surface area (Å²) in [5.41, 5.74) is 2.88. The summed E-state index contributed by atoms with van der Waals surface area (Å²) < 4.78 is 5.26. The van der Waals surface area contributed by atoms with Gasteiger partial charge >= 0.3 is 6.09 Å². The number of carbonyl (C=O) groups is 3. The van der Waals surface area contributed by atoms with Crippen molar-refractivity contribution in [2.24, 2.45) is 11.8 Å². The highest BCUT2D eigenvalue weighted by molar-refractivity contribution is 5.87. The van der Waals surface area contributed by atoms with Gasteiger partial charge in [-0.25, -0.2) is 10.3 Å². The quantitative estimate of drug-likeness (QED) is 0.536. The number of hydrogen-bond acceptors (Lipinski definition) is 5. The van der Waals surface area contributed by atoms with Crippen molar-refractivity contribution in [3.63, 3.8) is 0 Å². The van der Waals surface area contributed by atoms with Crippen LogP contribution in [0, 0.1) is 11.8 Å². The van der Waals surface area contributed by atoms with Crippen molar-refractivity contribution < 1.29 is 24.3 Å². The Morgan fingerprint density at radius 3 is 2.54 bits per heavy atom. The van der Waals surface area contributed by atoms with E-state index in [2.05, 4.69) is 17.4 Å². The van der Waals surface area contributed by atoms with Gasteiger partial charge in [-0.3, -0.25) is 14.8 Å². The molecule has 1 saturated carbocycles. The van der Waals surface area contributed by atoms with Gasteiger partial charge in [0.2, 0.25) is 11.8 Å². The number of hydrogen-bond donors (Lipinski definition) is 3. The highest BCUT2D eigenvalue weighted by Gasteiger charge is 2.43. The fourth-order valence-electron chi connectivity index (χ4n) is 4.31. The Hall–Kier alpha value is -2.61. The molecule has 3 rings (SSSR count). The van der Waals surface area contributed by atoms with Crippen molar-refractivity contribution in [2.75, 3.05) is 20.1 Å². The van der Waals surface area contributed by atoms with Crippen LogP contribution in [0.2, 0.25) is 0 Å². The first-order chi connectivity index (χ1) is 13.5. The molecular weight excluding hydrogens is 362 g/mol. The third kappa shape index (κ3) is 4.44. The fourth-order valence-corrected chi connectivity index (χ4v) is 4.31. The molecule has 8 heteroatoms. The molecule has 2 aliphatic rings. The van der Waals surface area contributed by atoms with Gasteiger partial charge in [-0.15, -0.1) is 0 Å². The summed E-state index contributed by atoms with van der Waals surface area (Å²) in [6.07, 6.45) is 1.03. The number of likely N-dealkylation sites (tertiary alicyclic amines) is 1. The molecule has 3 amide bonds. The predicted octanol–water partition coefficient (Wildman–Crippen LogP) is 1.65. The molecule has 1 saturated heterocycles.